The number of fused-ring (bicyclic) bond motifs is 1. The molecule has 1 N–H and O–H groups in total. The summed E-state index contributed by atoms with van der Waals surface area (Å²) in [6.07, 6.45) is -0.579. The number of aliphatic hydroxyl groups is 1. The van der Waals surface area contributed by atoms with E-state index in [4.69, 9.17) is 14.2 Å². The van der Waals surface area contributed by atoms with Gasteiger partial charge in [0.25, 0.3) is 0 Å². The molecule has 0 unspecified atom stereocenters. The molecule has 0 bridgehead atoms. The molecule has 19 heavy (non-hydrogen) atoms. The van der Waals surface area contributed by atoms with E-state index in [0.29, 0.717) is 17.2 Å². The third kappa shape index (κ3) is 2.35. The Hall–Kier alpha value is -2.20. The average Bonchev–Trinajstić information content (AvgIpc) is 2.86. The molecule has 0 aromatic heterocycles. The lowest BCUT2D eigenvalue weighted by Crippen LogP contribution is -1.95. The molecule has 1 aliphatic rings. The summed E-state index contributed by atoms with van der Waals surface area (Å²) in [6, 6.07) is 12.8. The van der Waals surface area contributed by atoms with Crippen molar-refractivity contribution in [1.82, 2.24) is 0 Å². The topological polar surface area (TPSA) is 47.9 Å². The zero-order valence-corrected chi connectivity index (χ0v) is 10.5. The lowest BCUT2D eigenvalue weighted by molar-refractivity contribution is 0.174. The third-order valence-corrected chi connectivity index (χ3v) is 2.94. The van der Waals surface area contributed by atoms with Crippen LogP contribution in [0.3, 0.4) is 0 Å². The molecule has 98 valence electrons. The predicted octanol–water partition coefficient (Wildman–Crippen LogP) is 3.26. The molecule has 2 aromatic carbocycles. The van der Waals surface area contributed by atoms with Crippen LogP contribution in [0.2, 0.25) is 0 Å². The molecule has 0 saturated heterocycles. The van der Waals surface area contributed by atoms with Crippen LogP contribution in [-0.2, 0) is 0 Å². The van der Waals surface area contributed by atoms with Crippen LogP contribution < -0.4 is 14.2 Å². The van der Waals surface area contributed by atoms with Crippen molar-refractivity contribution in [2.45, 2.75) is 13.0 Å². The number of para-hydroxylation sites is 1. The van der Waals surface area contributed by atoms with Crippen molar-refractivity contribution < 1.29 is 19.3 Å². The number of ether oxygens (including phenoxy) is 3. The first-order valence-electron chi connectivity index (χ1n) is 6.08. The van der Waals surface area contributed by atoms with Gasteiger partial charge in [0.05, 0.1) is 6.10 Å². The maximum Gasteiger partial charge on any atom is 0.231 e. The first kappa shape index (κ1) is 11.9. The molecular formula is C15H14O4. The molecule has 1 aliphatic heterocycles. The second kappa shape index (κ2) is 4.82. The fraction of sp³-hybridized carbons (Fsp3) is 0.200. The van der Waals surface area contributed by atoms with E-state index < -0.39 is 6.10 Å². The van der Waals surface area contributed by atoms with Gasteiger partial charge in [-0.05, 0) is 25.1 Å². The Kier molecular flexibility index (Phi) is 3.01. The van der Waals surface area contributed by atoms with Crippen LogP contribution in [0, 0.1) is 0 Å². The number of aliphatic hydroxyl groups excluding tert-OH is 1. The van der Waals surface area contributed by atoms with Crippen molar-refractivity contribution in [3.63, 3.8) is 0 Å². The van der Waals surface area contributed by atoms with Crippen molar-refractivity contribution in [3.8, 4) is 23.0 Å². The highest BCUT2D eigenvalue weighted by Crippen LogP contribution is 2.37. The summed E-state index contributed by atoms with van der Waals surface area (Å²) in [5.41, 5.74) is 0.750. The van der Waals surface area contributed by atoms with Gasteiger partial charge in [0.1, 0.15) is 11.5 Å². The fourth-order valence-corrected chi connectivity index (χ4v) is 1.99. The second-order valence-corrected chi connectivity index (χ2v) is 4.33. The third-order valence-electron chi connectivity index (χ3n) is 2.94. The molecule has 3 rings (SSSR count). The van der Waals surface area contributed by atoms with Gasteiger partial charge >= 0.3 is 0 Å². The predicted molar refractivity (Wildman–Crippen MR) is 69.7 cm³/mol. The van der Waals surface area contributed by atoms with Gasteiger partial charge in [0.2, 0.25) is 6.79 Å². The van der Waals surface area contributed by atoms with Crippen molar-refractivity contribution in [2.75, 3.05) is 6.79 Å². The van der Waals surface area contributed by atoms with Crippen molar-refractivity contribution >= 4 is 0 Å². The lowest BCUT2D eigenvalue weighted by atomic mass is 10.1. The Balaban J connectivity index is 1.89. The summed E-state index contributed by atoms with van der Waals surface area (Å²) in [4.78, 5) is 0. The van der Waals surface area contributed by atoms with Crippen molar-refractivity contribution in [3.05, 3.63) is 48.0 Å². The lowest BCUT2D eigenvalue weighted by Gasteiger charge is -2.13. The van der Waals surface area contributed by atoms with Gasteiger partial charge in [0, 0.05) is 11.6 Å². The zero-order chi connectivity index (χ0) is 13.2. The van der Waals surface area contributed by atoms with Gasteiger partial charge in [-0.25, -0.2) is 0 Å². The molecule has 4 heteroatoms. The van der Waals surface area contributed by atoms with Gasteiger partial charge < -0.3 is 19.3 Å². The van der Waals surface area contributed by atoms with Gasteiger partial charge in [-0.2, -0.15) is 0 Å². The SMILES string of the molecule is C[C@@H](O)c1ccccc1Oc1ccc2c(c1)OCO2. The zero-order valence-electron chi connectivity index (χ0n) is 10.5. The number of rotatable bonds is 3. The average molecular weight is 258 g/mol. The van der Waals surface area contributed by atoms with Gasteiger partial charge in [-0.1, -0.05) is 18.2 Å². The normalized spacial score (nSPS) is 14.2. The Bertz CT molecular complexity index is 592. The van der Waals surface area contributed by atoms with Crippen molar-refractivity contribution in [2.24, 2.45) is 0 Å². The molecule has 0 aliphatic carbocycles. The highest BCUT2D eigenvalue weighted by atomic mass is 16.7. The minimum atomic E-state index is -0.579. The van der Waals surface area contributed by atoms with E-state index in [1.165, 1.54) is 0 Å². The van der Waals surface area contributed by atoms with Gasteiger partial charge in [-0.3, -0.25) is 0 Å². The molecule has 4 nitrogen and oxygen atoms in total. The summed E-state index contributed by atoms with van der Waals surface area (Å²) in [7, 11) is 0. The van der Waals surface area contributed by atoms with Crippen molar-refractivity contribution in [1.29, 1.82) is 0 Å². The number of hydrogen-bond donors (Lipinski definition) is 1. The largest absolute Gasteiger partial charge is 0.457 e. The number of hydrogen-bond acceptors (Lipinski definition) is 4. The molecule has 0 saturated carbocycles. The Morgan fingerprint density at radius 2 is 1.89 bits per heavy atom. The highest BCUT2D eigenvalue weighted by Gasteiger charge is 2.15. The Labute approximate surface area is 111 Å². The minimum absolute atomic E-state index is 0.239. The Morgan fingerprint density at radius 1 is 1.11 bits per heavy atom. The van der Waals surface area contributed by atoms with E-state index in [1.54, 1.807) is 13.0 Å². The quantitative estimate of drug-likeness (QED) is 0.918. The van der Waals surface area contributed by atoms with Crippen LogP contribution in [-0.4, -0.2) is 11.9 Å². The van der Waals surface area contributed by atoms with E-state index in [-0.39, 0.29) is 6.79 Å². The van der Waals surface area contributed by atoms with Crippen LogP contribution in [0.5, 0.6) is 23.0 Å². The van der Waals surface area contributed by atoms with Crippen LogP contribution in [0.1, 0.15) is 18.6 Å². The standard InChI is InChI=1S/C15H14O4/c1-10(16)12-4-2-3-5-13(12)19-11-6-7-14-15(8-11)18-9-17-14/h2-8,10,16H,9H2,1H3/t10-/m1/s1. The van der Waals surface area contributed by atoms with E-state index >= 15 is 0 Å². The summed E-state index contributed by atoms with van der Waals surface area (Å²) >= 11 is 0. The first-order valence-corrected chi connectivity index (χ1v) is 6.08. The molecular weight excluding hydrogens is 244 g/mol. The fourth-order valence-electron chi connectivity index (χ4n) is 1.99. The molecule has 1 heterocycles. The highest BCUT2D eigenvalue weighted by molar-refractivity contribution is 5.48. The summed E-state index contributed by atoms with van der Waals surface area (Å²) in [6.45, 7) is 1.95. The maximum atomic E-state index is 9.71. The molecule has 2 aromatic rings. The maximum absolute atomic E-state index is 9.71. The molecule has 0 amide bonds. The monoisotopic (exact) mass is 258 g/mol. The van der Waals surface area contributed by atoms with E-state index in [9.17, 15) is 5.11 Å². The molecule has 0 spiro atoms. The smallest absolute Gasteiger partial charge is 0.231 e. The van der Waals surface area contributed by atoms with E-state index in [1.807, 2.05) is 36.4 Å². The molecule has 0 radical (unpaired) electrons. The minimum Gasteiger partial charge on any atom is -0.457 e. The van der Waals surface area contributed by atoms with Gasteiger partial charge in [-0.15, -0.1) is 0 Å². The van der Waals surface area contributed by atoms with Crippen LogP contribution in [0.25, 0.3) is 0 Å². The number of benzene rings is 2. The summed E-state index contributed by atoms with van der Waals surface area (Å²) < 4.78 is 16.4. The van der Waals surface area contributed by atoms with Crippen LogP contribution in [0.15, 0.2) is 42.5 Å². The van der Waals surface area contributed by atoms with E-state index in [0.717, 1.165) is 11.3 Å². The van der Waals surface area contributed by atoms with Crippen LogP contribution >= 0.6 is 0 Å². The molecule has 1 atom stereocenters. The van der Waals surface area contributed by atoms with E-state index in [2.05, 4.69) is 0 Å². The van der Waals surface area contributed by atoms with Crippen LogP contribution in [0.4, 0.5) is 0 Å². The van der Waals surface area contributed by atoms with Gasteiger partial charge in [0.15, 0.2) is 11.5 Å². The summed E-state index contributed by atoms with van der Waals surface area (Å²) in [5, 5.41) is 9.71. The summed E-state index contributed by atoms with van der Waals surface area (Å²) in [5.74, 6) is 2.68. The molecule has 0 fully saturated rings. The Morgan fingerprint density at radius 3 is 2.74 bits per heavy atom. The second-order valence-electron chi connectivity index (χ2n) is 4.33. The first-order chi connectivity index (χ1) is 9.24.